The third-order valence-corrected chi connectivity index (χ3v) is 2.76. The SMILES string of the molecule is CCN(C)C(=O)NC(CN)Cc1ccccc1. The van der Waals surface area contributed by atoms with Gasteiger partial charge in [-0.05, 0) is 18.9 Å². The minimum absolute atomic E-state index is 0.0149. The molecule has 0 aromatic heterocycles. The van der Waals surface area contributed by atoms with E-state index in [4.69, 9.17) is 5.73 Å². The van der Waals surface area contributed by atoms with Crippen LogP contribution in [0.5, 0.6) is 0 Å². The van der Waals surface area contributed by atoms with E-state index >= 15 is 0 Å². The molecule has 17 heavy (non-hydrogen) atoms. The van der Waals surface area contributed by atoms with Gasteiger partial charge >= 0.3 is 6.03 Å². The van der Waals surface area contributed by atoms with Crippen LogP contribution in [0.2, 0.25) is 0 Å². The molecule has 94 valence electrons. The maximum absolute atomic E-state index is 11.7. The van der Waals surface area contributed by atoms with E-state index in [1.54, 1.807) is 11.9 Å². The zero-order valence-electron chi connectivity index (χ0n) is 10.5. The van der Waals surface area contributed by atoms with Gasteiger partial charge in [0.15, 0.2) is 0 Å². The molecule has 1 aromatic carbocycles. The first-order chi connectivity index (χ1) is 8.17. The summed E-state index contributed by atoms with van der Waals surface area (Å²) in [4.78, 5) is 13.3. The summed E-state index contributed by atoms with van der Waals surface area (Å²) in [5, 5.41) is 2.93. The van der Waals surface area contributed by atoms with Crippen LogP contribution in [0.25, 0.3) is 0 Å². The lowest BCUT2D eigenvalue weighted by Crippen LogP contribution is -2.47. The van der Waals surface area contributed by atoms with Crippen molar-refractivity contribution in [1.29, 1.82) is 0 Å². The molecule has 1 rings (SSSR count). The summed E-state index contributed by atoms with van der Waals surface area (Å²) in [5.74, 6) is 0. The lowest BCUT2D eigenvalue weighted by atomic mass is 10.1. The second kappa shape index (κ2) is 6.91. The van der Waals surface area contributed by atoms with Crippen LogP contribution in [-0.4, -0.2) is 37.1 Å². The molecule has 0 saturated heterocycles. The Bertz CT molecular complexity index is 340. The fourth-order valence-corrected chi connectivity index (χ4v) is 1.52. The van der Waals surface area contributed by atoms with Gasteiger partial charge in [0, 0.05) is 26.2 Å². The number of nitrogens with two attached hydrogens (primary N) is 1. The maximum atomic E-state index is 11.7. The van der Waals surface area contributed by atoms with Crippen molar-refractivity contribution in [2.45, 2.75) is 19.4 Å². The predicted molar refractivity (Wildman–Crippen MR) is 69.8 cm³/mol. The average Bonchev–Trinajstić information content (AvgIpc) is 2.38. The average molecular weight is 235 g/mol. The summed E-state index contributed by atoms with van der Waals surface area (Å²) in [6.07, 6.45) is 0.765. The highest BCUT2D eigenvalue weighted by atomic mass is 16.2. The fraction of sp³-hybridized carbons (Fsp3) is 0.462. The Labute approximate surface area is 103 Å². The van der Waals surface area contributed by atoms with Crippen LogP contribution in [0, 0.1) is 0 Å². The van der Waals surface area contributed by atoms with Crippen LogP contribution < -0.4 is 11.1 Å². The van der Waals surface area contributed by atoms with Crippen LogP contribution in [0.1, 0.15) is 12.5 Å². The topological polar surface area (TPSA) is 58.4 Å². The molecule has 0 aliphatic carbocycles. The normalized spacial score (nSPS) is 11.9. The number of benzene rings is 1. The van der Waals surface area contributed by atoms with E-state index < -0.39 is 0 Å². The maximum Gasteiger partial charge on any atom is 0.317 e. The minimum Gasteiger partial charge on any atom is -0.334 e. The molecule has 0 heterocycles. The number of amides is 2. The van der Waals surface area contributed by atoms with Gasteiger partial charge in [0.05, 0.1) is 0 Å². The van der Waals surface area contributed by atoms with Crippen LogP contribution >= 0.6 is 0 Å². The molecule has 0 fully saturated rings. The molecular formula is C13H21N3O. The van der Waals surface area contributed by atoms with Crippen molar-refractivity contribution in [3.8, 4) is 0 Å². The highest BCUT2D eigenvalue weighted by Gasteiger charge is 2.13. The van der Waals surface area contributed by atoms with Crippen molar-refractivity contribution in [3.05, 3.63) is 35.9 Å². The minimum atomic E-state index is -0.0705. The number of carbonyl (C=O) groups excluding carboxylic acids is 1. The molecule has 4 heteroatoms. The largest absolute Gasteiger partial charge is 0.334 e. The van der Waals surface area contributed by atoms with Gasteiger partial charge in [-0.3, -0.25) is 0 Å². The van der Waals surface area contributed by atoms with Crippen molar-refractivity contribution >= 4 is 6.03 Å². The lowest BCUT2D eigenvalue weighted by Gasteiger charge is -2.21. The Morgan fingerprint density at radius 3 is 2.59 bits per heavy atom. The molecule has 0 bridgehead atoms. The molecule has 1 unspecified atom stereocenters. The number of hydrogen-bond acceptors (Lipinski definition) is 2. The predicted octanol–water partition coefficient (Wildman–Crippen LogP) is 1.22. The van der Waals surface area contributed by atoms with E-state index in [0.29, 0.717) is 13.1 Å². The smallest absolute Gasteiger partial charge is 0.317 e. The van der Waals surface area contributed by atoms with Crippen LogP contribution in [0.4, 0.5) is 4.79 Å². The number of urea groups is 1. The van der Waals surface area contributed by atoms with E-state index in [-0.39, 0.29) is 12.1 Å². The van der Waals surface area contributed by atoms with Gasteiger partial charge in [-0.15, -0.1) is 0 Å². The summed E-state index contributed by atoms with van der Waals surface area (Å²) in [7, 11) is 1.77. The van der Waals surface area contributed by atoms with E-state index in [2.05, 4.69) is 5.32 Å². The van der Waals surface area contributed by atoms with Gasteiger partial charge in [0.2, 0.25) is 0 Å². The lowest BCUT2D eigenvalue weighted by molar-refractivity contribution is 0.207. The number of nitrogens with zero attached hydrogens (tertiary/aromatic N) is 1. The zero-order chi connectivity index (χ0) is 12.7. The number of hydrogen-bond donors (Lipinski definition) is 2. The first-order valence-corrected chi connectivity index (χ1v) is 5.93. The molecule has 4 nitrogen and oxygen atoms in total. The van der Waals surface area contributed by atoms with E-state index in [1.165, 1.54) is 5.56 Å². The molecular weight excluding hydrogens is 214 g/mol. The number of carbonyl (C=O) groups is 1. The summed E-state index contributed by atoms with van der Waals surface area (Å²) in [6.45, 7) is 3.07. The Hall–Kier alpha value is -1.55. The van der Waals surface area contributed by atoms with Gasteiger partial charge in [0.1, 0.15) is 0 Å². The first kappa shape index (κ1) is 13.5. The van der Waals surface area contributed by atoms with Crippen molar-refractivity contribution in [1.82, 2.24) is 10.2 Å². The molecule has 0 aliphatic heterocycles. The molecule has 0 spiro atoms. The van der Waals surface area contributed by atoms with Crippen LogP contribution in [-0.2, 0) is 6.42 Å². The van der Waals surface area contributed by atoms with E-state index in [0.717, 1.165) is 6.42 Å². The molecule has 2 amide bonds. The van der Waals surface area contributed by atoms with Crippen LogP contribution in [0.3, 0.4) is 0 Å². The van der Waals surface area contributed by atoms with Crippen molar-refractivity contribution in [2.24, 2.45) is 5.73 Å². The number of rotatable bonds is 5. The van der Waals surface area contributed by atoms with Gasteiger partial charge in [0.25, 0.3) is 0 Å². The summed E-state index contributed by atoms with van der Waals surface area (Å²) >= 11 is 0. The van der Waals surface area contributed by atoms with Crippen molar-refractivity contribution in [2.75, 3.05) is 20.1 Å². The molecule has 1 atom stereocenters. The summed E-state index contributed by atoms with van der Waals surface area (Å²) in [5.41, 5.74) is 6.86. The monoisotopic (exact) mass is 235 g/mol. The highest BCUT2D eigenvalue weighted by molar-refractivity contribution is 5.74. The molecule has 1 aromatic rings. The van der Waals surface area contributed by atoms with Crippen molar-refractivity contribution < 1.29 is 4.79 Å². The van der Waals surface area contributed by atoms with Gasteiger partial charge in [-0.1, -0.05) is 30.3 Å². The van der Waals surface area contributed by atoms with Gasteiger partial charge in [-0.2, -0.15) is 0 Å². The Morgan fingerprint density at radius 1 is 1.41 bits per heavy atom. The Balaban J connectivity index is 2.52. The third-order valence-electron chi connectivity index (χ3n) is 2.76. The summed E-state index contributed by atoms with van der Waals surface area (Å²) in [6, 6.07) is 9.95. The third kappa shape index (κ3) is 4.44. The second-order valence-corrected chi connectivity index (χ2v) is 4.09. The van der Waals surface area contributed by atoms with Crippen LogP contribution in [0.15, 0.2) is 30.3 Å². The Morgan fingerprint density at radius 2 is 2.06 bits per heavy atom. The zero-order valence-corrected chi connectivity index (χ0v) is 10.5. The fourth-order valence-electron chi connectivity index (χ4n) is 1.52. The van der Waals surface area contributed by atoms with Gasteiger partial charge < -0.3 is 16.0 Å². The van der Waals surface area contributed by atoms with Gasteiger partial charge in [-0.25, -0.2) is 4.79 Å². The van der Waals surface area contributed by atoms with E-state index in [1.807, 2.05) is 37.3 Å². The quantitative estimate of drug-likeness (QED) is 0.806. The summed E-state index contributed by atoms with van der Waals surface area (Å²) < 4.78 is 0. The first-order valence-electron chi connectivity index (χ1n) is 5.93. The highest BCUT2D eigenvalue weighted by Crippen LogP contribution is 2.02. The molecule has 0 aliphatic rings. The number of nitrogens with one attached hydrogen (secondary N) is 1. The standard InChI is InChI=1S/C13H21N3O/c1-3-16(2)13(17)15-12(10-14)9-11-7-5-4-6-8-11/h4-8,12H,3,9-10,14H2,1-2H3,(H,15,17). The Kier molecular flexibility index (Phi) is 5.49. The van der Waals surface area contributed by atoms with E-state index in [9.17, 15) is 4.79 Å². The molecule has 3 N–H and O–H groups in total. The molecule has 0 radical (unpaired) electrons. The molecule has 0 saturated carbocycles. The second-order valence-electron chi connectivity index (χ2n) is 4.09. The van der Waals surface area contributed by atoms with Crippen molar-refractivity contribution in [3.63, 3.8) is 0 Å².